The van der Waals surface area contributed by atoms with Crippen molar-refractivity contribution in [2.24, 2.45) is 5.73 Å². The summed E-state index contributed by atoms with van der Waals surface area (Å²) in [6.45, 7) is 8.60. The normalized spacial score (nSPS) is 20.2. The Morgan fingerprint density at radius 2 is 2.00 bits per heavy atom. The van der Waals surface area contributed by atoms with Crippen molar-refractivity contribution >= 4 is 0 Å². The zero-order valence-corrected chi connectivity index (χ0v) is 11.4. The summed E-state index contributed by atoms with van der Waals surface area (Å²) < 4.78 is 1.91. The molecule has 0 saturated carbocycles. The first kappa shape index (κ1) is 13.5. The van der Waals surface area contributed by atoms with Gasteiger partial charge in [-0.2, -0.15) is 0 Å². The fourth-order valence-corrected chi connectivity index (χ4v) is 2.12. The first-order chi connectivity index (χ1) is 8.69. The van der Waals surface area contributed by atoms with E-state index in [1.54, 1.807) is 0 Å². The topological polar surface area (TPSA) is 63.2 Å². The van der Waals surface area contributed by atoms with E-state index in [9.17, 15) is 0 Å². The molecule has 1 aliphatic heterocycles. The minimum atomic E-state index is 0.0161. The summed E-state index contributed by atoms with van der Waals surface area (Å²) in [6, 6.07) is 0.0161. The SMILES string of the molecule is CCC(N)c1cn(CCN2CCN(C)CC2)nn1. The van der Waals surface area contributed by atoms with Crippen LogP contribution in [-0.2, 0) is 6.54 Å². The number of hydrogen-bond donors (Lipinski definition) is 1. The summed E-state index contributed by atoms with van der Waals surface area (Å²) in [5.74, 6) is 0. The Bertz CT molecular complexity index is 355. The molecule has 0 bridgehead atoms. The van der Waals surface area contributed by atoms with Crippen LogP contribution in [0, 0.1) is 0 Å². The molecule has 1 aliphatic rings. The monoisotopic (exact) mass is 252 g/mol. The predicted molar refractivity (Wildman–Crippen MR) is 71.2 cm³/mol. The first-order valence-electron chi connectivity index (χ1n) is 6.75. The Morgan fingerprint density at radius 3 is 2.67 bits per heavy atom. The van der Waals surface area contributed by atoms with Gasteiger partial charge in [0.2, 0.25) is 0 Å². The van der Waals surface area contributed by atoms with Crippen LogP contribution in [-0.4, -0.2) is 64.6 Å². The largest absolute Gasteiger partial charge is 0.323 e. The molecule has 0 amide bonds. The highest BCUT2D eigenvalue weighted by Crippen LogP contribution is 2.09. The van der Waals surface area contributed by atoms with E-state index < -0.39 is 0 Å². The molecule has 1 saturated heterocycles. The minimum Gasteiger partial charge on any atom is -0.323 e. The molecule has 0 aromatic carbocycles. The molecule has 1 unspecified atom stereocenters. The molecule has 18 heavy (non-hydrogen) atoms. The van der Waals surface area contributed by atoms with Crippen molar-refractivity contribution in [2.45, 2.75) is 25.9 Å². The van der Waals surface area contributed by atoms with Crippen LogP contribution in [0.2, 0.25) is 0 Å². The van der Waals surface area contributed by atoms with Gasteiger partial charge in [0.25, 0.3) is 0 Å². The molecule has 2 heterocycles. The summed E-state index contributed by atoms with van der Waals surface area (Å²) in [7, 11) is 2.17. The second-order valence-electron chi connectivity index (χ2n) is 5.07. The van der Waals surface area contributed by atoms with Crippen LogP contribution in [0.5, 0.6) is 0 Å². The zero-order valence-electron chi connectivity index (χ0n) is 11.4. The lowest BCUT2D eigenvalue weighted by Crippen LogP contribution is -2.45. The van der Waals surface area contributed by atoms with Gasteiger partial charge in [-0.05, 0) is 13.5 Å². The average molecular weight is 252 g/mol. The lowest BCUT2D eigenvalue weighted by atomic mass is 10.2. The van der Waals surface area contributed by atoms with Gasteiger partial charge < -0.3 is 10.6 Å². The summed E-state index contributed by atoms with van der Waals surface area (Å²) in [5.41, 5.74) is 6.83. The number of aromatic nitrogens is 3. The van der Waals surface area contributed by atoms with Crippen LogP contribution in [0.3, 0.4) is 0 Å². The standard InChI is InChI=1S/C12H24N6/c1-3-11(13)12-10-18(15-14-12)9-8-17-6-4-16(2)5-7-17/h10-11H,3-9,13H2,1-2H3. The average Bonchev–Trinajstić information content (AvgIpc) is 2.86. The number of hydrogen-bond acceptors (Lipinski definition) is 5. The van der Waals surface area contributed by atoms with E-state index in [1.165, 1.54) is 0 Å². The van der Waals surface area contributed by atoms with Crippen LogP contribution in [0.1, 0.15) is 25.1 Å². The van der Waals surface area contributed by atoms with Gasteiger partial charge in [-0.15, -0.1) is 5.10 Å². The van der Waals surface area contributed by atoms with E-state index in [0.29, 0.717) is 0 Å². The van der Waals surface area contributed by atoms with Crippen molar-refractivity contribution in [3.63, 3.8) is 0 Å². The lowest BCUT2D eigenvalue weighted by Gasteiger charge is -2.32. The Hall–Kier alpha value is -0.980. The highest BCUT2D eigenvalue weighted by Gasteiger charge is 2.14. The van der Waals surface area contributed by atoms with Gasteiger partial charge >= 0.3 is 0 Å². The molecule has 2 rings (SSSR count). The van der Waals surface area contributed by atoms with Gasteiger partial charge in [-0.25, -0.2) is 0 Å². The fourth-order valence-electron chi connectivity index (χ4n) is 2.12. The molecule has 102 valence electrons. The van der Waals surface area contributed by atoms with E-state index in [1.807, 2.05) is 10.9 Å². The lowest BCUT2D eigenvalue weighted by molar-refractivity contribution is 0.148. The Morgan fingerprint density at radius 1 is 1.28 bits per heavy atom. The summed E-state index contributed by atoms with van der Waals surface area (Å²) in [4.78, 5) is 4.84. The smallest absolute Gasteiger partial charge is 0.0993 e. The third-order valence-electron chi connectivity index (χ3n) is 3.62. The van der Waals surface area contributed by atoms with Crippen molar-refractivity contribution in [3.8, 4) is 0 Å². The van der Waals surface area contributed by atoms with Gasteiger partial charge in [-0.1, -0.05) is 12.1 Å². The number of piperazine rings is 1. The third kappa shape index (κ3) is 3.51. The second kappa shape index (κ2) is 6.26. The van der Waals surface area contributed by atoms with E-state index in [-0.39, 0.29) is 6.04 Å². The number of nitrogens with two attached hydrogens (primary N) is 1. The van der Waals surface area contributed by atoms with E-state index in [0.717, 1.165) is 51.4 Å². The van der Waals surface area contributed by atoms with Crippen molar-refractivity contribution < 1.29 is 0 Å². The van der Waals surface area contributed by atoms with Crippen molar-refractivity contribution in [2.75, 3.05) is 39.8 Å². The Balaban J connectivity index is 1.78. The first-order valence-corrected chi connectivity index (χ1v) is 6.75. The number of nitrogens with zero attached hydrogens (tertiary/aromatic N) is 5. The molecule has 6 heteroatoms. The maximum Gasteiger partial charge on any atom is 0.0993 e. The number of rotatable bonds is 5. The molecule has 2 N–H and O–H groups in total. The Labute approximate surface area is 109 Å². The molecule has 0 spiro atoms. The zero-order chi connectivity index (χ0) is 13.0. The highest BCUT2D eigenvalue weighted by molar-refractivity contribution is 4.98. The molecule has 1 fully saturated rings. The van der Waals surface area contributed by atoms with Gasteiger partial charge in [0.15, 0.2) is 0 Å². The van der Waals surface area contributed by atoms with Crippen molar-refractivity contribution in [1.82, 2.24) is 24.8 Å². The van der Waals surface area contributed by atoms with E-state index in [4.69, 9.17) is 5.73 Å². The summed E-state index contributed by atoms with van der Waals surface area (Å²) in [5, 5.41) is 8.26. The third-order valence-corrected chi connectivity index (χ3v) is 3.62. The van der Waals surface area contributed by atoms with Crippen LogP contribution < -0.4 is 5.73 Å². The maximum absolute atomic E-state index is 5.93. The van der Waals surface area contributed by atoms with Gasteiger partial charge in [0, 0.05) is 32.7 Å². The molecule has 1 atom stereocenters. The predicted octanol–water partition coefficient (Wildman–Crippen LogP) is -0.0647. The molecular weight excluding hydrogens is 228 g/mol. The van der Waals surface area contributed by atoms with Gasteiger partial charge in [0.1, 0.15) is 0 Å². The van der Waals surface area contributed by atoms with Crippen molar-refractivity contribution in [1.29, 1.82) is 0 Å². The number of likely N-dealkylation sites (N-methyl/N-ethyl adjacent to an activating group) is 1. The molecule has 0 aliphatic carbocycles. The second-order valence-corrected chi connectivity index (χ2v) is 5.07. The summed E-state index contributed by atoms with van der Waals surface area (Å²) in [6.07, 6.45) is 2.88. The molecule has 1 aromatic heterocycles. The molecule has 6 nitrogen and oxygen atoms in total. The highest BCUT2D eigenvalue weighted by atomic mass is 15.4. The van der Waals surface area contributed by atoms with Crippen LogP contribution in [0.25, 0.3) is 0 Å². The van der Waals surface area contributed by atoms with Crippen LogP contribution in [0.4, 0.5) is 0 Å². The van der Waals surface area contributed by atoms with E-state index in [2.05, 4.69) is 34.1 Å². The van der Waals surface area contributed by atoms with Gasteiger partial charge in [0.05, 0.1) is 24.5 Å². The minimum absolute atomic E-state index is 0.0161. The molecule has 0 radical (unpaired) electrons. The summed E-state index contributed by atoms with van der Waals surface area (Å²) >= 11 is 0. The fraction of sp³-hybridized carbons (Fsp3) is 0.833. The van der Waals surface area contributed by atoms with Crippen LogP contribution >= 0.6 is 0 Å². The Kier molecular flexibility index (Phi) is 4.68. The molecular formula is C12H24N6. The van der Waals surface area contributed by atoms with Gasteiger partial charge in [-0.3, -0.25) is 9.58 Å². The maximum atomic E-state index is 5.93. The quantitative estimate of drug-likeness (QED) is 0.795. The molecule has 1 aromatic rings. The van der Waals surface area contributed by atoms with Crippen molar-refractivity contribution in [3.05, 3.63) is 11.9 Å². The van der Waals surface area contributed by atoms with E-state index >= 15 is 0 Å². The van der Waals surface area contributed by atoms with Crippen LogP contribution in [0.15, 0.2) is 6.20 Å².